The van der Waals surface area contributed by atoms with Crippen molar-refractivity contribution in [1.29, 1.82) is 0 Å². The number of carboxylic acids is 2. The zero-order chi connectivity index (χ0) is 14.7. The number of carbonyl (C=O) groups is 2. The Hall–Kier alpha value is -1.96. The molecular formula is C12H17N3O5. The molecule has 2 N–H and O–H groups in total. The Morgan fingerprint density at radius 3 is 2.45 bits per heavy atom. The minimum absolute atomic E-state index is 0.177. The molecule has 8 heteroatoms. The molecule has 1 aliphatic heterocycles. The molecule has 1 aromatic heterocycles. The highest BCUT2D eigenvalue weighted by Gasteiger charge is 2.38. The van der Waals surface area contributed by atoms with Gasteiger partial charge in [0, 0.05) is 13.0 Å². The van der Waals surface area contributed by atoms with E-state index in [-0.39, 0.29) is 6.54 Å². The van der Waals surface area contributed by atoms with E-state index in [1.54, 1.807) is 0 Å². The van der Waals surface area contributed by atoms with Crippen LogP contribution in [0.2, 0.25) is 0 Å². The quantitative estimate of drug-likeness (QED) is 0.789. The van der Waals surface area contributed by atoms with Gasteiger partial charge in [-0.25, -0.2) is 0 Å². The van der Waals surface area contributed by atoms with Crippen molar-refractivity contribution in [2.24, 2.45) is 11.8 Å². The average Bonchev–Trinajstić information content (AvgIpc) is 2.86. The molecule has 2 heterocycles. The summed E-state index contributed by atoms with van der Waals surface area (Å²) in [6, 6.07) is 0. The molecule has 1 saturated heterocycles. The molecule has 2 unspecified atom stereocenters. The summed E-state index contributed by atoms with van der Waals surface area (Å²) in [6.45, 7) is 2.93. The number of hydrogen-bond acceptors (Lipinski definition) is 6. The molecule has 0 radical (unpaired) electrons. The highest BCUT2D eigenvalue weighted by atomic mass is 16.4. The molecule has 0 aromatic carbocycles. The Bertz CT molecular complexity index is 501. The zero-order valence-corrected chi connectivity index (χ0v) is 11.2. The van der Waals surface area contributed by atoms with Gasteiger partial charge in [-0.3, -0.25) is 14.5 Å². The van der Waals surface area contributed by atoms with Gasteiger partial charge in [0.2, 0.25) is 11.8 Å². The van der Waals surface area contributed by atoms with Gasteiger partial charge in [-0.05, 0) is 13.0 Å². The highest BCUT2D eigenvalue weighted by molar-refractivity contribution is 5.80. The van der Waals surface area contributed by atoms with Crippen molar-refractivity contribution in [2.45, 2.75) is 26.3 Å². The van der Waals surface area contributed by atoms with Gasteiger partial charge in [0.05, 0.1) is 18.4 Å². The summed E-state index contributed by atoms with van der Waals surface area (Å²) in [4.78, 5) is 24.1. The molecule has 8 nitrogen and oxygen atoms in total. The van der Waals surface area contributed by atoms with E-state index in [0.29, 0.717) is 37.7 Å². The molecular weight excluding hydrogens is 266 g/mol. The Kier molecular flexibility index (Phi) is 4.33. The first kappa shape index (κ1) is 14.4. The second-order valence-corrected chi connectivity index (χ2v) is 4.86. The summed E-state index contributed by atoms with van der Waals surface area (Å²) in [6.07, 6.45) is 0.951. The lowest BCUT2D eigenvalue weighted by Gasteiger charge is -2.33. The summed E-state index contributed by atoms with van der Waals surface area (Å²) >= 11 is 0. The zero-order valence-electron chi connectivity index (χ0n) is 11.2. The van der Waals surface area contributed by atoms with Crippen molar-refractivity contribution in [3.05, 3.63) is 11.8 Å². The van der Waals surface area contributed by atoms with Crippen molar-refractivity contribution >= 4 is 11.9 Å². The van der Waals surface area contributed by atoms with E-state index in [4.69, 9.17) is 14.6 Å². The van der Waals surface area contributed by atoms with Crippen LogP contribution in [0.1, 0.15) is 25.1 Å². The fourth-order valence-corrected chi connectivity index (χ4v) is 2.40. The van der Waals surface area contributed by atoms with Gasteiger partial charge in [-0.2, -0.15) is 0 Å². The molecule has 0 saturated carbocycles. The van der Waals surface area contributed by atoms with E-state index < -0.39 is 23.8 Å². The van der Waals surface area contributed by atoms with Crippen molar-refractivity contribution in [2.75, 3.05) is 13.1 Å². The molecule has 1 fully saturated rings. The summed E-state index contributed by atoms with van der Waals surface area (Å²) in [7, 11) is 0. The smallest absolute Gasteiger partial charge is 0.308 e. The van der Waals surface area contributed by atoms with Gasteiger partial charge >= 0.3 is 11.9 Å². The summed E-state index contributed by atoms with van der Waals surface area (Å²) in [5.41, 5.74) is 0. The third-order valence-corrected chi connectivity index (χ3v) is 3.50. The number of aryl methyl sites for hydroxylation is 1. The molecule has 20 heavy (non-hydrogen) atoms. The van der Waals surface area contributed by atoms with Gasteiger partial charge in [0.1, 0.15) is 0 Å². The summed E-state index contributed by atoms with van der Waals surface area (Å²) in [5.74, 6) is -2.91. The fourth-order valence-electron chi connectivity index (χ4n) is 2.40. The summed E-state index contributed by atoms with van der Waals surface area (Å²) < 4.78 is 5.38. The van der Waals surface area contributed by atoms with Crippen LogP contribution in [0.4, 0.5) is 0 Å². The maximum Gasteiger partial charge on any atom is 0.308 e. The van der Waals surface area contributed by atoms with E-state index in [1.165, 1.54) is 0 Å². The first-order chi connectivity index (χ1) is 9.51. The van der Waals surface area contributed by atoms with Crippen LogP contribution in [-0.2, 0) is 22.6 Å². The second kappa shape index (κ2) is 6.00. The molecule has 2 rings (SSSR count). The van der Waals surface area contributed by atoms with Gasteiger partial charge < -0.3 is 14.6 Å². The first-order valence-corrected chi connectivity index (χ1v) is 6.50. The lowest BCUT2D eigenvalue weighted by molar-refractivity contribution is -0.157. The van der Waals surface area contributed by atoms with Crippen LogP contribution in [0.15, 0.2) is 4.42 Å². The van der Waals surface area contributed by atoms with Crippen LogP contribution < -0.4 is 0 Å². The van der Waals surface area contributed by atoms with E-state index in [0.717, 1.165) is 0 Å². The Balaban J connectivity index is 2.01. The van der Waals surface area contributed by atoms with Crippen molar-refractivity contribution in [1.82, 2.24) is 15.1 Å². The number of nitrogens with zero attached hydrogens (tertiary/aromatic N) is 3. The monoisotopic (exact) mass is 283 g/mol. The molecule has 0 spiro atoms. The lowest BCUT2D eigenvalue weighted by atomic mass is 9.85. The van der Waals surface area contributed by atoms with E-state index in [2.05, 4.69) is 10.2 Å². The van der Waals surface area contributed by atoms with Crippen LogP contribution in [0.25, 0.3) is 0 Å². The van der Waals surface area contributed by atoms with E-state index in [9.17, 15) is 9.59 Å². The van der Waals surface area contributed by atoms with Gasteiger partial charge in [-0.1, -0.05) is 6.92 Å². The van der Waals surface area contributed by atoms with E-state index >= 15 is 0 Å². The number of carboxylic acid groups (broad SMARTS) is 2. The third kappa shape index (κ3) is 3.13. The minimum Gasteiger partial charge on any atom is -0.481 e. The van der Waals surface area contributed by atoms with Crippen LogP contribution in [-0.4, -0.2) is 50.3 Å². The van der Waals surface area contributed by atoms with Gasteiger partial charge in [-0.15, -0.1) is 10.2 Å². The van der Waals surface area contributed by atoms with Crippen molar-refractivity contribution < 1.29 is 24.2 Å². The minimum atomic E-state index is -1.08. The number of piperidine rings is 1. The lowest BCUT2D eigenvalue weighted by Crippen LogP contribution is -2.46. The number of aliphatic carboxylic acids is 2. The maximum absolute atomic E-state index is 11.2. The first-order valence-electron chi connectivity index (χ1n) is 6.50. The third-order valence-electron chi connectivity index (χ3n) is 3.50. The number of hydrogen-bond donors (Lipinski definition) is 2. The van der Waals surface area contributed by atoms with E-state index in [1.807, 2.05) is 11.8 Å². The normalized spacial score (nSPS) is 23.6. The summed E-state index contributed by atoms with van der Waals surface area (Å²) in [5, 5.41) is 25.9. The molecule has 1 aliphatic rings. The Morgan fingerprint density at radius 2 is 1.90 bits per heavy atom. The molecule has 0 bridgehead atoms. The van der Waals surface area contributed by atoms with Crippen LogP contribution >= 0.6 is 0 Å². The molecule has 2 atom stereocenters. The maximum atomic E-state index is 11.2. The topological polar surface area (TPSA) is 117 Å². The van der Waals surface area contributed by atoms with Crippen LogP contribution in [0.5, 0.6) is 0 Å². The fraction of sp³-hybridized carbons (Fsp3) is 0.667. The average molecular weight is 283 g/mol. The number of aromatic nitrogens is 2. The van der Waals surface area contributed by atoms with Gasteiger partial charge in [0.15, 0.2) is 0 Å². The Labute approximate surface area is 115 Å². The second-order valence-electron chi connectivity index (χ2n) is 4.86. The highest BCUT2D eigenvalue weighted by Crippen LogP contribution is 2.25. The van der Waals surface area contributed by atoms with Crippen LogP contribution in [0.3, 0.4) is 0 Å². The molecule has 110 valence electrons. The molecule has 1 aromatic rings. The number of rotatable bonds is 5. The number of likely N-dealkylation sites (tertiary alicyclic amines) is 1. The molecule has 0 aliphatic carbocycles. The van der Waals surface area contributed by atoms with Crippen LogP contribution in [0, 0.1) is 11.8 Å². The predicted molar refractivity (Wildman–Crippen MR) is 65.8 cm³/mol. The standard InChI is InChI=1S/C12H17N3O5/c1-2-9-13-14-10(20-9)6-15-4-3-7(11(16)17)8(5-15)12(18)19/h7-8H,2-6H2,1H3,(H,16,17)(H,18,19). The van der Waals surface area contributed by atoms with Gasteiger partial charge in [0.25, 0.3) is 0 Å². The van der Waals surface area contributed by atoms with Crippen molar-refractivity contribution in [3.63, 3.8) is 0 Å². The Morgan fingerprint density at radius 1 is 1.25 bits per heavy atom. The largest absolute Gasteiger partial charge is 0.481 e. The SMILES string of the molecule is CCc1nnc(CN2CCC(C(=O)O)C(C(=O)O)C2)o1. The predicted octanol–water partition coefficient (Wildman–Crippen LogP) is 0.239. The van der Waals surface area contributed by atoms with Crippen molar-refractivity contribution in [3.8, 4) is 0 Å². The molecule has 0 amide bonds.